The van der Waals surface area contributed by atoms with Gasteiger partial charge < -0.3 is 19.7 Å². The Kier molecular flexibility index (Phi) is 9.38. The van der Waals surface area contributed by atoms with Gasteiger partial charge in [0.15, 0.2) is 5.78 Å². The maximum atomic E-state index is 13.3. The van der Waals surface area contributed by atoms with E-state index in [0.717, 1.165) is 11.1 Å². The number of aliphatic carboxylic acids is 2. The number of benzene rings is 3. The van der Waals surface area contributed by atoms with Crippen molar-refractivity contribution in [2.24, 2.45) is 5.92 Å². The molecule has 39 heavy (non-hydrogen) atoms. The van der Waals surface area contributed by atoms with Gasteiger partial charge >= 0.3 is 17.9 Å². The molecule has 3 aromatic carbocycles. The summed E-state index contributed by atoms with van der Waals surface area (Å²) in [5.74, 6) is -5.72. The zero-order valence-electron chi connectivity index (χ0n) is 21.8. The molecule has 3 rings (SSSR count). The topological polar surface area (TPSA) is 127 Å². The number of rotatable bonds is 13. The second kappa shape index (κ2) is 12.7. The van der Waals surface area contributed by atoms with Crippen LogP contribution in [0.25, 0.3) is 11.1 Å². The maximum Gasteiger partial charge on any atom is 0.349 e. The van der Waals surface area contributed by atoms with Crippen molar-refractivity contribution in [3.63, 3.8) is 0 Å². The van der Waals surface area contributed by atoms with Gasteiger partial charge in [-0.3, -0.25) is 9.59 Å². The number of hydrogen-bond acceptors (Lipinski definition) is 6. The van der Waals surface area contributed by atoms with Crippen LogP contribution in [0.2, 0.25) is 0 Å². The first-order valence-corrected chi connectivity index (χ1v) is 12.4. The summed E-state index contributed by atoms with van der Waals surface area (Å²) in [6.07, 6.45) is -0.584. The molecule has 0 aliphatic carbocycles. The van der Waals surface area contributed by atoms with Gasteiger partial charge in [-0.1, -0.05) is 80.2 Å². The number of carboxylic acid groups (broad SMARTS) is 2. The highest BCUT2D eigenvalue weighted by Gasteiger charge is 2.52. The van der Waals surface area contributed by atoms with Gasteiger partial charge in [0.1, 0.15) is 11.7 Å². The monoisotopic (exact) mass is 530 g/mol. The molecule has 0 radical (unpaired) electrons. The van der Waals surface area contributed by atoms with E-state index in [1.165, 1.54) is 13.8 Å². The first-order chi connectivity index (χ1) is 18.6. The first kappa shape index (κ1) is 28.8. The molecular formula is C31H30O8. The smallest absolute Gasteiger partial charge is 0.349 e. The summed E-state index contributed by atoms with van der Waals surface area (Å²) in [5, 5.41) is 19.7. The maximum absolute atomic E-state index is 13.3. The van der Waals surface area contributed by atoms with Gasteiger partial charge in [-0.2, -0.15) is 0 Å². The number of hydrogen-bond donors (Lipinski definition) is 2. The van der Waals surface area contributed by atoms with Crippen LogP contribution < -0.4 is 4.74 Å². The van der Waals surface area contributed by atoms with Crippen LogP contribution in [0.5, 0.6) is 5.75 Å². The van der Waals surface area contributed by atoms with E-state index in [1.807, 2.05) is 42.5 Å². The van der Waals surface area contributed by atoms with Gasteiger partial charge in [0.05, 0.1) is 12.2 Å². The fraction of sp³-hybridized carbons (Fsp3) is 0.226. The SMILES string of the molecule is C=C(C)C(=O)OC(CCOc1ccccc1C(=O)c1ccc(-c2ccccc2)cc1)(C(=O)O)C(CC)C(=O)O. The Hall–Kier alpha value is -4.72. The minimum Gasteiger partial charge on any atom is -0.493 e. The average molecular weight is 531 g/mol. The van der Waals surface area contributed by atoms with Crippen molar-refractivity contribution in [3.8, 4) is 16.9 Å². The van der Waals surface area contributed by atoms with Crippen molar-refractivity contribution in [3.05, 3.63) is 102 Å². The fourth-order valence-electron chi connectivity index (χ4n) is 4.25. The third-order valence-electron chi connectivity index (χ3n) is 6.37. The lowest BCUT2D eigenvalue weighted by molar-refractivity contribution is -0.191. The summed E-state index contributed by atoms with van der Waals surface area (Å²) >= 11 is 0. The number of carbonyl (C=O) groups is 4. The summed E-state index contributed by atoms with van der Waals surface area (Å²) in [7, 11) is 0. The minimum absolute atomic E-state index is 0.0731. The molecule has 0 aromatic heterocycles. The molecule has 8 nitrogen and oxygen atoms in total. The van der Waals surface area contributed by atoms with Crippen LogP contribution in [0.4, 0.5) is 0 Å². The Balaban J connectivity index is 1.84. The molecule has 8 heteroatoms. The normalized spacial score (nSPS) is 13.0. The molecule has 3 aromatic rings. The van der Waals surface area contributed by atoms with Crippen LogP contribution in [0.3, 0.4) is 0 Å². The van der Waals surface area contributed by atoms with Crippen LogP contribution in [0.15, 0.2) is 91.0 Å². The summed E-state index contributed by atoms with van der Waals surface area (Å²) in [6.45, 7) is 5.94. The quantitative estimate of drug-likeness (QED) is 0.171. The van der Waals surface area contributed by atoms with Crippen LogP contribution >= 0.6 is 0 Å². The van der Waals surface area contributed by atoms with Crippen LogP contribution in [-0.2, 0) is 19.1 Å². The minimum atomic E-state index is -2.40. The summed E-state index contributed by atoms with van der Waals surface area (Å²) in [6, 6.07) is 23.3. The average Bonchev–Trinajstić information content (AvgIpc) is 2.93. The highest BCUT2D eigenvalue weighted by atomic mass is 16.6. The molecule has 0 bridgehead atoms. The summed E-state index contributed by atoms with van der Waals surface area (Å²) in [5.41, 5.74) is 0.170. The molecule has 2 N–H and O–H groups in total. The van der Waals surface area contributed by atoms with Gasteiger partial charge in [-0.15, -0.1) is 0 Å². The molecule has 2 atom stereocenters. The van der Waals surface area contributed by atoms with Crippen molar-refractivity contribution < 1.29 is 38.9 Å². The molecule has 0 fully saturated rings. The van der Waals surface area contributed by atoms with Gasteiger partial charge in [0, 0.05) is 17.6 Å². The third kappa shape index (κ3) is 6.59. The van der Waals surface area contributed by atoms with Gasteiger partial charge in [-0.25, -0.2) is 9.59 Å². The Labute approximate surface area is 226 Å². The molecule has 0 saturated heterocycles. The lowest BCUT2D eigenvalue weighted by atomic mass is 9.82. The van der Waals surface area contributed by atoms with Gasteiger partial charge in [-0.05, 0) is 36.6 Å². The van der Waals surface area contributed by atoms with E-state index in [1.54, 1.807) is 36.4 Å². The molecule has 0 saturated carbocycles. The van der Waals surface area contributed by atoms with Crippen molar-refractivity contribution in [1.29, 1.82) is 0 Å². The third-order valence-corrected chi connectivity index (χ3v) is 6.37. The summed E-state index contributed by atoms with van der Waals surface area (Å²) < 4.78 is 11.0. The second-order valence-corrected chi connectivity index (χ2v) is 9.03. The van der Waals surface area contributed by atoms with Gasteiger partial charge in [0.25, 0.3) is 0 Å². The molecule has 202 valence electrons. The Morgan fingerprint density at radius 2 is 1.46 bits per heavy atom. The largest absolute Gasteiger partial charge is 0.493 e. The van der Waals surface area contributed by atoms with Crippen molar-refractivity contribution in [1.82, 2.24) is 0 Å². The number of ether oxygens (including phenoxy) is 2. The Bertz CT molecular complexity index is 1360. The second-order valence-electron chi connectivity index (χ2n) is 9.03. The van der Waals surface area contributed by atoms with Crippen molar-refractivity contribution in [2.75, 3.05) is 6.61 Å². The van der Waals surface area contributed by atoms with Crippen LogP contribution in [-0.4, -0.2) is 46.1 Å². The highest BCUT2D eigenvalue weighted by Crippen LogP contribution is 2.32. The predicted molar refractivity (Wildman–Crippen MR) is 145 cm³/mol. The molecule has 0 heterocycles. The van der Waals surface area contributed by atoms with E-state index in [0.29, 0.717) is 5.56 Å². The van der Waals surface area contributed by atoms with Crippen LogP contribution in [0, 0.1) is 5.92 Å². The molecule has 0 amide bonds. The van der Waals surface area contributed by atoms with E-state index in [2.05, 4.69) is 6.58 Å². The molecule has 2 unspecified atom stereocenters. The lowest BCUT2D eigenvalue weighted by Gasteiger charge is -2.34. The first-order valence-electron chi connectivity index (χ1n) is 12.4. The molecule has 0 spiro atoms. The number of ketones is 1. The predicted octanol–water partition coefficient (Wildman–Crippen LogP) is 5.41. The Morgan fingerprint density at radius 3 is 2.03 bits per heavy atom. The zero-order chi connectivity index (χ0) is 28.6. The number of carboxylic acids is 2. The fourth-order valence-corrected chi connectivity index (χ4v) is 4.25. The standard InChI is InChI=1S/C31H30O8/c1-4-25(28(33)34)31(30(36)37,39-29(35)20(2)3)18-19-38-26-13-9-8-12-24(26)27(32)23-16-14-22(15-17-23)21-10-6-5-7-11-21/h5-17,25H,2,4,18-19H2,1,3H3,(H,33,34)(H,36,37). The molecular weight excluding hydrogens is 500 g/mol. The number of carbonyl (C=O) groups excluding carboxylic acids is 2. The van der Waals surface area contributed by atoms with E-state index in [9.17, 15) is 29.4 Å². The summed E-state index contributed by atoms with van der Waals surface area (Å²) in [4.78, 5) is 49.9. The van der Waals surface area contributed by atoms with E-state index in [4.69, 9.17) is 9.47 Å². The van der Waals surface area contributed by atoms with Crippen molar-refractivity contribution in [2.45, 2.75) is 32.3 Å². The lowest BCUT2D eigenvalue weighted by Crippen LogP contribution is -2.53. The van der Waals surface area contributed by atoms with Gasteiger partial charge in [0.2, 0.25) is 5.60 Å². The van der Waals surface area contributed by atoms with E-state index in [-0.39, 0.29) is 35.7 Å². The number of para-hydroxylation sites is 1. The van der Waals surface area contributed by atoms with Crippen molar-refractivity contribution >= 4 is 23.7 Å². The molecule has 0 aliphatic heterocycles. The van der Waals surface area contributed by atoms with E-state index >= 15 is 0 Å². The zero-order valence-corrected chi connectivity index (χ0v) is 21.8. The van der Waals surface area contributed by atoms with E-state index < -0.39 is 35.8 Å². The molecule has 0 aliphatic rings. The number of esters is 1. The van der Waals surface area contributed by atoms with Crippen LogP contribution in [0.1, 0.15) is 42.6 Å². The Morgan fingerprint density at radius 1 is 0.872 bits per heavy atom. The highest BCUT2D eigenvalue weighted by molar-refractivity contribution is 6.10.